The minimum absolute atomic E-state index is 0.0248. The molecule has 1 aromatic heterocycles. The van der Waals surface area contributed by atoms with Gasteiger partial charge >= 0.3 is 0 Å². The van der Waals surface area contributed by atoms with Crippen LogP contribution in [-0.2, 0) is 4.79 Å². The van der Waals surface area contributed by atoms with E-state index in [1.54, 1.807) is 11.3 Å². The first kappa shape index (κ1) is 11.5. The van der Waals surface area contributed by atoms with Crippen LogP contribution in [0.3, 0.4) is 0 Å². The summed E-state index contributed by atoms with van der Waals surface area (Å²) in [7, 11) is 0. The van der Waals surface area contributed by atoms with Crippen molar-refractivity contribution in [1.29, 1.82) is 0 Å². The Morgan fingerprint density at radius 3 is 2.69 bits per heavy atom. The van der Waals surface area contributed by atoms with Crippen LogP contribution in [0.15, 0.2) is 0 Å². The van der Waals surface area contributed by atoms with Crippen LogP contribution in [0.5, 0.6) is 0 Å². The standard InChI is InChI=1S/C11H17N3OS/c1-5-10(16-7(3)13-5)6(2)14-11(15)8-4-9(8)12/h6,8-9H,4,12H2,1-3H3,(H,14,15). The first-order valence-electron chi connectivity index (χ1n) is 5.49. The Bertz CT molecular complexity index is 415. The molecule has 1 fully saturated rings. The third kappa shape index (κ3) is 2.25. The molecule has 0 spiro atoms. The molecule has 0 bridgehead atoms. The first-order valence-corrected chi connectivity index (χ1v) is 6.30. The van der Waals surface area contributed by atoms with Gasteiger partial charge in [0.05, 0.1) is 22.7 Å². The average Bonchev–Trinajstić information content (AvgIpc) is 2.81. The van der Waals surface area contributed by atoms with E-state index in [1.807, 2.05) is 20.8 Å². The SMILES string of the molecule is Cc1nc(C)c(C(C)NC(=O)C2CC2N)s1. The van der Waals surface area contributed by atoms with Gasteiger partial charge < -0.3 is 11.1 Å². The molecule has 0 radical (unpaired) electrons. The van der Waals surface area contributed by atoms with Crippen LogP contribution in [-0.4, -0.2) is 16.9 Å². The molecule has 1 heterocycles. The summed E-state index contributed by atoms with van der Waals surface area (Å²) >= 11 is 1.64. The smallest absolute Gasteiger partial charge is 0.225 e. The van der Waals surface area contributed by atoms with Gasteiger partial charge in [-0.25, -0.2) is 4.98 Å². The largest absolute Gasteiger partial charge is 0.348 e. The maximum atomic E-state index is 11.7. The molecule has 3 unspecified atom stereocenters. The number of carbonyl (C=O) groups excluding carboxylic acids is 1. The number of carbonyl (C=O) groups is 1. The van der Waals surface area contributed by atoms with Crippen molar-refractivity contribution in [3.8, 4) is 0 Å². The van der Waals surface area contributed by atoms with E-state index in [0.717, 1.165) is 22.0 Å². The fraction of sp³-hybridized carbons (Fsp3) is 0.636. The van der Waals surface area contributed by atoms with Crippen LogP contribution < -0.4 is 11.1 Å². The van der Waals surface area contributed by atoms with Crippen LogP contribution in [0.2, 0.25) is 0 Å². The van der Waals surface area contributed by atoms with Crippen LogP contribution >= 0.6 is 11.3 Å². The minimum atomic E-state index is 0.0248. The first-order chi connectivity index (χ1) is 7.49. The topological polar surface area (TPSA) is 68.0 Å². The fourth-order valence-corrected chi connectivity index (χ4v) is 2.78. The zero-order chi connectivity index (χ0) is 11.9. The van der Waals surface area contributed by atoms with Crippen molar-refractivity contribution in [1.82, 2.24) is 10.3 Å². The molecular weight excluding hydrogens is 222 g/mol. The molecule has 0 aliphatic heterocycles. The summed E-state index contributed by atoms with van der Waals surface area (Å²) in [6.07, 6.45) is 0.819. The zero-order valence-electron chi connectivity index (χ0n) is 9.78. The molecule has 1 aliphatic carbocycles. The number of aryl methyl sites for hydroxylation is 2. The predicted octanol–water partition coefficient (Wildman–Crippen LogP) is 1.28. The zero-order valence-corrected chi connectivity index (χ0v) is 10.6. The summed E-state index contributed by atoms with van der Waals surface area (Å²) in [4.78, 5) is 17.2. The van der Waals surface area contributed by atoms with Gasteiger partial charge in [0.1, 0.15) is 0 Å². The quantitative estimate of drug-likeness (QED) is 0.835. The van der Waals surface area contributed by atoms with E-state index in [0.29, 0.717) is 0 Å². The molecule has 16 heavy (non-hydrogen) atoms. The Morgan fingerprint density at radius 1 is 1.62 bits per heavy atom. The number of hydrogen-bond donors (Lipinski definition) is 2. The molecule has 1 amide bonds. The van der Waals surface area contributed by atoms with E-state index >= 15 is 0 Å². The maximum Gasteiger partial charge on any atom is 0.225 e. The summed E-state index contributed by atoms with van der Waals surface area (Å²) < 4.78 is 0. The average molecular weight is 239 g/mol. The highest BCUT2D eigenvalue weighted by Crippen LogP contribution is 2.30. The van der Waals surface area contributed by atoms with E-state index in [2.05, 4.69) is 10.3 Å². The van der Waals surface area contributed by atoms with Crippen molar-refractivity contribution in [2.75, 3.05) is 0 Å². The molecule has 4 nitrogen and oxygen atoms in total. The third-order valence-corrected chi connectivity index (χ3v) is 4.12. The molecule has 2 rings (SSSR count). The summed E-state index contributed by atoms with van der Waals surface area (Å²) in [6.45, 7) is 5.95. The van der Waals surface area contributed by atoms with E-state index in [4.69, 9.17) is 5.73 Å². The number of rotatable bonds is 3. The second-order valence-electron chi connectivity index (χ2n) is 4.42. The lowest BCUT2D eigenvalue weighted by molar-refractivity contribution is -0.123. The van der Waals surface area contributed by atoms with Crippen LogP contribution in [0.1, 0.15) is 35.0 Å². The van der Waals surface area contributed by atoms with Crippen molar-refractivity contribution in [3.63, 3.8) is 0 Å². The monoisotopic (exact) mass is 239 g/mol. The highest BCUT2D eigenvalue weighted by molar-refractivity contribution is 7.11. The van der Waals surface area contributed by atoms with Gasteiger partial charge in [-0.2, -0.15) is 0 Å². The molecule has 1 aromatic rings. The van der Waals surface area contributed by atoms with Crippen LogP contribution in [0, 0.1) is 19.8 Å². The Hall–Kier alpha value is -0.940. The lowest BCUT2D eigenvalue weighted by Gasteiger charge is -2.12. The fourth-order valence-electron chi connectivity index (χ4n) is 1.85. The molecule has 3 N–H and O–H groups in total. The molecule has 3 atom stereocenters. The lowest BCUT2D eigenvalue weighted by Crippen LogP contribution is -2.29. The molecule has 0 saturated heterocycles. The molecule has 5 heteroatoms. The van der Waals surface area contributed by atoms with Crippen molar-refractivity contribution >= 4 is 17.2 Å². The Balaban J connectivity index is 2.00. The van der Waals surface area contributed by atoms with Gasteiger partial charge in [-0.3, -0.25) is 4.79 Å². The Labute approximate surface area is 99.3 Å². The predicted molar refractivity (Wildman–Crippen MR) is 64.2 cm³/mol. The number of nitrogens with one attached hydrogen (secondary N) is 1. The summed E-state index contributed by atoms with van der Waals surface area (Å²) in [5, 5.41) is 4.03. The van der Waals surface area contributed by atoms with Gasteiger partial charge in [0.15, 0.2) is 0 Å². The number of amides is 1. The summed E-state index contributed by atoms with van der Waals surface area (Å²) in [5.41, 5.74) is 6.65. The van der Waals surface area contributed by atoms with E-state index in [-0.39, 0.29) is 23.9 Å². The highest BCUT2D eigenvalue weighted by atomic mass is 32.1. The van der Waals surface area contributed by atoms with Gasteiger partial charge in [-0.1, -0.05) is 0 Å². The van der Waals surface area contributed by atoms with Crippen LogP contribution in [0.4, 0.5) is 0 Å². The Kier molecular flexibility index (Phi) is 2.99. The second-order valence-corrected chi connectivity index (χ2v) is 5.65. The molecule has 1 saturated carbocycles. The third-order valence-electron chi connectivity index (χ3n) is 2.87. The van der Waals surface area contributed by atoms with E-state index in [1.165, 1.54) is 0 Å². The maximum absolute atomic E-state index is 11.7. The van der Waals surface area contributed by atoms with Gasteiger partial charge in [0, 0.05) is 10.9 Å². The van der Waals surface area contributed by atoms with E-state index in [9.17, 15) is 4.79 Å². The number of aromatic nitrogens is 1. The van der Waals surface area contributed by atoms with Crippen molar-refractivity contribution in [3.05, 3.63) is 15.6 Å². The Morgan fingerprint density at radius 2 is 2.25 bits per heavy atom. The number of nitrogens with two attached hydrogens (primary N) is 1. The lowest BCUT2D eigenvalue weighted by atomic mass is 10.2. The van der Waals surface area contributed by atoms with Crippen LogP contribution in [0.25, 0.3) is 0 Å². The number of hydrogen-bond acceptors (Lipinski definition) is 4. The highest BCUT2D eigenvalue weighted by Gasteiger charge is 2.40. The van der Waals surface area contributed by atoms with Crippen molar-refractivity contribution in [2.24, 2.45) is 11.7 Å². The van der Waals surface area contributed by atoms with E-state index < -0.39 is 0 Å². The van der Waals surface area contributed by atoms with Gasteiger partial charge in [0.25, 0.3) is 0 Å². The van der Waals surface area contributed by atoms with Gasteiger partial charge in [-0.15, -0.1) is 11.3 Å². The number of thiazole rings is 1. The van der Waals surface area contributed by atoms with Crippen molar-refractivity contribution in [2.45, 2.75) is 39.3 Å². The normalized spacial score (nSPS) is 25.2. The number of nitrogens with zero attached hydrogens (tertiary/aromatic N) is 1. The van der Waals surface area contributed by atoms with Crippen molar-refractivity contribution < 1.29 is 4.79 Å². The van der Waals surface area contributed by atoms with Gasteiger partial charge in [0.2, 0.25) is 5.91 Å². The minimum Gasteiger partial charge on any atom is -0.348 e. The van der Waals surface area contributed by atoms with Gasteiger partial charge in [-0.05, 0) is 27.2 Å². The summed E-state index contributed by atoms with van der Waals surface area (Å²) in [5.74, 6) is 0.0993. The second kappa shape index (κ2) is 4.14. The molecular formula is C11H17N3OS. The molecule has 88 valence electrons. The molecule has 1 aliphatic rings. The molecule has 0 aromatic carbocycles. The summed E-state index contributed by atoms with van der Waals surface area (Å²) in [6, 6.07) is 0.1000.